The Balaban J connectivity index is 1.50. The van der Waals surface area contributed by atoms with Crippen LogP contribution >= 0.6 is 11.3 Å². The van der Waals surface area contributed by atoms with Gasteiger partial charge in [0.15, 0.2) is 0 Å². The number of amides is 1. The molecule has 3 aromatic heterocycles. The topological polar surface area (TPSA) is 84.5 Å². The summed E-state index contributed by atoms with van der Waals surface area (Å²) in [5, 5.41) is 10.7. The van der Waals surface area contributed by atoms with Crippen molar-refractivity contribution in [3.63, 3.8) is 0 Å². The Hall–Kier alpha value is -2.35. The number of hydrogen-bond donors (Lipinski definition) is 2. The second-order valence-corrected chi connectivity index (χ2v) is 5.18. The number of nitrogens with zero attached hydrogens (tertiary/aromatic N) is 3. The van der Waals surface area contributed by atoms with Crippen LogP contribution in [0.15, 0.2) is 29.0 Å². The molecule has 0 saturated heterocycles. The lowest BCUT2D eigenvalue weighted by Crippen LogP contribution is -2.29. The maximum atomic E-state index is 11.7. The molecule has 104 valence electrons. The summed E-state index contributed by atoms with van der Waals surface area (Å²) in [5.74, 6) is 0.604. The first-order chi connectivity index (χ1) is 9.70. The number of imidazole rings is 1. The van der Waals surface area contributed by atoms with Gasteiger partial charge in [-0.3, -0.25) is 4.79 Å². The first-order valence-electron chi connectivity index (χ1n) is 6.06. The Labute approximate surface area is 118 Å². The normalized spacial score (nSPS) is 10.8. The second-order valence-electron chi connectivity index (χ2n) is 4.23. The lowest BCUT2D eigenvalue weighted by molar-refractivity contribution is -0.119. The van der Waals surface area contributed by atoms with Gasteiger partial charge in [0.1, 0.15) is 5.76 Å². The summed E-state index contributed by atoms with van der Waals surface area (Å²) >= 11 is 1.41. The molecule has 2 N–H and O–H groups in total. The predicted octanol–water partition coefficient (Wildman–Crippen LogP) is 1.42. The summed E-state index contributed by atoms with van der Waals surface area (Å²) in [7, 11) is 0. The molecule has 7 nitrogen and oxygen atoms in total. The highest BCUT2D eigenvalue weighted by molar-refractivity contribution is 7.20. The lowest BCUT2D eigenvalue weighted by atomic mass is 10.4. The van der Waals surface area contributed by atoms with Crippen molar-refractivity contribution in [3.05, 3.63) is 36.0 Å². The van der Waals surface area contributed by atoms with E-state index < -0.39 is 0 Å². The molecule has 0 radical (unpaired) electrons. The van der Waals surface area contributed by atoms with Crippen LogP contribution in [-0.4, -0.2) is 27.0 Å². The molecule has 20 heavy (non-hydrogen) atoms. The van der Waals surface area contributed by atoms with Crippen molar-refractivity contribution in [3.8, 4) is 0 Å². The van der Waals surface area contributed by atoms with Gasteiger partial charge < -0.3 is 15.1 Å². The second kappa shape index (κ2) is 5.33. The Morgan fingerprint density at radius 2 is 2.45 bits per heavy atom. The molecule has 3 aromatic rings. The molecular formula is C12H13N5O2S. The molecule has 0 aromatic carbocycles. The highest BCUT2D eigenvalue weighted by Gasteiger charge is 2.08. The molecular weight excluding hydrogens is 278 g/mol. The van der Waals surface area contributed by atoms with E-state index in [1.807, 2.05) is 19.2 Å². The van der Waals surface area contributed by atoms with E-state index in [4.69, 9.17) is 4.42 Å². The number of carbonyl (C=O) groups excluding carboxylic acids is 1. The van der Waals surface area contributed by atoms with E-state index in [-0.39, 0.29) is 12.5 Å². The summed E-state index contributed by atoms with van der Waals surface area (Å²) in [6.45, 7) is 2.46. The molecule has 0 fully saturated rings. The molecule has 0 aliphatic heterocycles. The number of aromatic nitrogens is 3. The van der Waals surface area contributed by atoms with Crippen molar-refractivity contribution in [2.75, 3.05) is 11.9 Å². The van der Waals surface area contributed by atoms with Gasteiger partial charge in [-0.1, -0.05) is 11.3 Å². The summed E-state index contributed by atoms with van der Waals surface area (Å²) in [5.41, 5.74) is 0.923. The van der Waals surface area contributed by atoms with Gasteiger partial charge in [-0.05, 0) is 19.1 Å². The smallest absolute Gasteiger partial charge is 0.239 e. The third-order valence-corrected chi connectivity index (χ3v) is 3.48. The van der Waals surface area contributed by atoms with Gasteiger partial charge in [0.2, 0.25) is 16.0 Å². The third-order valence-electron chi connectivity index (χ3n) is 2.60. The highest BCUT2D eigenvalue weighted by Crippen LogP contribution is 2.18. The molecule has 0 unspecified atom stereocenters. The fourth-order valence-electron chi connectivity index (χ4n) is 1.70. The molecule has 0 saturated carbocycles. The first-order valence-corrected chi connectivity index (χ1v) is 6.88. The first kappa shape index (κ1) is 12.7. The molecule has 1 amide bonds. The third kappa shape index (κ3) is 2.80. The van der Waals surface area contributed by atoms with Crippen LogP contribution in [0.3, 0.4) is 0 Å². The Bertz CT molecular complexity index is 684. The monoisotopic (exact) mass is 291 g/mol. The quantitative estimate of drug-likeness (QED) is 0.742. The van der Waals surface area contributed by atoms with E-state index in [0.717, 1.165) is 16.4 Å². The largest absolute Gasteiger partial charge is 0.467 e. The van der Waals surface area contributed by atoms with E-state index in [2.05, 4.69) is 20.7 Å². The molecule has 3 rings (SSSR count). The van der Waals surface area contributed by atoms with Crippen molar-refractivity contribution < 1.29 is 9.21 Å². The average molecular weight is 291 g/mol. The minimum atomic E-state index is -0.120. The summed E-state index contributed by atoms with van der Waals surface area (Å²) in [6, 6.07) is 3.60. The molecule has 0 spiro atoms. The fourth-order valence-corrected chi connectivity index (χ4v) is 2.52. The number of hydrogen-bond acceptors (Lipinski definition) is 6. The van der Waals surface area contributed by atoms with Crippen molar-refractivity contribution in [2.45, 2.75) is 13.5 Å². The number of furan rings is 1. The average Bonchev–Trinajstić information content (AvgIpc) is 3.09. The molecule has 0 bridgehead atoms. The van der Waals surface area contributed by atoms with Gasteiger partial charge in [-0.25, -0.2) is 9.50 Å². The van der Waals surface area contributed by atoms with Gasteiger partial charge in [-0.15, -0.1) is 5.10 Å². The van der Waals surface area contributed by atoms with Crippen molar-refractivity contribution in [1.29, 1.82) is 0 Å². The van der Waals surface area contributed by atoms with Gasteiger partial charge in [0.05, 0.1) is 31.2 Å². The van der Waals surface area contributed by atoms with Crippen LogP contribution < -0.4 is 10.6 Å². The number of carbonyl (C=O) groups is 1. The molecule has 0 atom stereocenters. The fraction of sp³-hybridized carbons (Fsp3) is 0.250. The van der Waals surface area contributed by atoms with E-state index in [9.17, 15) is 4.79 Å². The van der Waals surface area contributed by atoms with Gasteiger partial charge in [0.25, 0.3) is 0 Å². The zero-order valence-electron chi connectivity index (χ0n) is 10.8. The Morgan fingerprint density at radius 3 is 3.20 bits per heavy atom. The van der Waals surface area contributed by atoms with Crippen LogP contribution in [0, 0.1) is 6.92 Å². The maximum absolute atomic E-state index is 11.7. The number of anilines is 1. The summed E-state index contributed by atoms with van der Waals surface area (Å²) in [6.07, 6.45) is 3.42. The SMILES string of the molecule is Cc1cn2nc(NCC(=O)NCc3ccco3)sc2n1. The zero-order valence-corrected chi connectivity index (χ0v) is 11.6. The Kier molecular flexibility index (Phi) is 3.38. The van der Waals surface area contributed by atoms with Crippen molar-refractivity contribution >= 4 is 27.3 Å². The number of rotatable bonds is 5. The Morgan fingerprint density at radius 1 is 1.55 bits per heavy atom. The van der Waals surface area contributed by atoms with E-state index >= 15 is 0 Å². The minimum Gasteiger partial charge on any atom is -0.467 e. The zero-order chi connectivity index (χ0) is 13.9. The van der Waals surface area contributed by atoms with E-state index in [1.165, 1.54) is 11.3 Å². The minimum absolute atomic E-state index is 0.120. The van der Waals surface area contributed by atoms with Crippen LogP contribution in [0.5, 0.6) is 0 Å². The summed E-state index contributed by atoms with van der Waals surface area (Å²) < 4.78 is 6.83. The van der Waals surface area contributed by atoms with Crippen LogP contribution in [0.2, 0.25) is 0 Å². The number of nitrogens with one attached hydrogen (secondary N) is 2. The molecule has 0 aliphatic rings. The van der Waals surface area contributed by atoms with Crippen LogP contribution in [0.25, 0.3) is 4.96 Å². The van der Waals surface area contributed by atoms with E-state index in [0.29, 0.717) is 11.7 Å². The van der Waals surface area contributed by atoms with Crippen LogP contribution in [0.4, 0.5) is 5.13 Å². The molecule has 8 heteroatoms. The number of aryl methyl sites for hydroxylation is 1. The van der Waals surface area contributed by atoms with Gasteiger partial charge in [-0.2, -0.15) is 0 Å². The predicted molar refractivity (Wildman–Crippen MR) is 74.6 cm³/mol. The molecule has 0 aliphatic carbocycles. The lowest BCUT2D eigenvalue weighted by Gasteiger charge is -2.03. The summed E-state index contributed by atoms with van der Waals surface area (Å²) in [4.78, 5) is 16.8. The van der Waals surface area contributed by atoms with Crippen LogP contribution in [-0.2, 0) is 11.3 Å². The van der Waals surface area contributed by atoms with Gasteiger partial charge in [0, 0.05) is 0 Å². The maximum Gasteiger partial charge on any atom is 0.239 e. The molecule has 3 heterocycles. The van der Waals surface area contributed by atoms with Crippen molar-refractivity contribution in [2.24, 2.45) is 0 Å². The van der Waals surface area contributed by atoms with Crippen molar-refractivity contribution in [1.82, 2.24) is 19.9 Å². The van der Waals surface area contributed by atoms with Gasteiger partial charge >= 0.3 is 0 Å². The standard InChI is InChI=1S/C12H13N5O2S/c1-8-7-17-12(15-8)20-11(16-17)14-6-10(18)13-5-9-3-2-4-19-9/h2-4,7H,5-6H2,1H3,(H,13,18)(H,14,16). The van der Waals surface area contributed by atoms with E-state index in [1.54, 1.807) is 16.8 Å². The van der Waals surface area contributed by atoms with Crippen LogP contribution in [0.1, 0.15) is 11.5 Å². The number of fused-ring (bicyclic) bond motifs is 1. The highest BCUT2D eigenvalue weighted by atomic mass is 32.1.